The minimum absolute atomic E-state index is 0.0505. The van der Waals surface area contributed by atoms with Crippen LogP contribution in [0, 0.1) is 5.82 Å². The van der Waals surface area contributed by atoms with E-state index < -0.39 is 47.6 Å². The summed E-state index contributed by atoms with van der Waals surface area (Å²) in [6.07, 6.45) is -10.0. The van der Waals surface area contributed by atoms with Crippen molar-refractivity contribution in [3.05, 3.63) is 65.0 Å². The van der Waals surface area contributed by atoms with E-state index in [-0.39, 0.29) is 18.2 Å². The van der Waals surface area contributed by atoms with Gasteiger partial charge < -0.3 is 10.1 Å². The zero-order chi connectivity index (χ0) is 20.2. The third-order valence-electron chi connectivity index (χ3n) is 3.36. The van der Waals surface area contributed by atoms with Crippen LogP contribution in [0.15, 0.2) is 42.5 Å². The zero-order valence-corrected chi connectivity index (χ0v) is 13.4. The van der Waals surface area contributed by atoms with Crippen LogP contribution in [0.4, 0.5) is 30.7 Å². The van der Waals surface area contributed by atoms with E-state index in [4.69, 9.17) is 4.74 Å². The normalized spacial score (nSPS) is 12.0. The summed E-state index contributed by atoms with van der Waals surface area (Å²) in [6, 6.07) is 6.21. The molecule has 2 aromatic carbocycles. The number of nitrogens with one attached hydrogen (secondary N) is 1. The Labute approximate surface area is 148 Å². The molecular formula is C17H12F7NO2. The molecular weight excluding hydrogens is 383 g/mol. The van der Waals surface area contributed by atoms with E-state index in [0.717, 1.165) is 0 Å². The number of alkyl halides is 6. The maximum atomic E-state index is 13.4. The number of carbonyl (C=O) groups is 1. The molecule has 0 fully saturated rings. The van der Waals surface area contributed by atoms with Crippen molar-refractivity contribution in [1.82, 2.24) is 5.32 Å². The molecule has 0 heterocycles. The predicted molar refractivity (Wildman–Crippen MR) is 80.2 cm³/mol. The van der Waals surface area contributed by atoms with Gasteiger partial charge in [-0.25, -0.2) is 4.39 Å². The minimum Gasteiger partial charge on any atom is -0.484 e. The number of amides is 1. The summed E-state index contributed by atoms with van der Waals surface area (Å²) in [5.41, 5.74) is -2.96. The van der Waals surface area contributed by atoms with E-state index in [2.05, 4.69) is 5.32 Å². The van der Waals surface area contributed by atoms with Gasteiger partial charge in [0.05, 0.1) is 11.1 Å². The lowest BCUT2D eigenvalue weighted by molar-refractivity contribution is -0.143. The molecule has 10 heteroatoms. The summed E-state index contributed by atoms with van der Waals surface area (Å²) in [6.45, 7) is -1.06. The first-order chi connectivity index (χ1) is 12.5. The molecule has 0 aliphatic rings. The topological polar surface area (TPSA) is 38.3 Å². The molecule has 0 saturated carbocycles. The van der Waals surface area contributed by atoms with E-state index in [1.54, 1.807) is 0 Å². The Morgan fingerprint density at radius 2 is 1.48 bits per heavy atom. The van der Waals surface area contributed by atoms with Gasteiger partial charge in [0, 0.05) is 12.1 Å². The standard InChI is InChI=1S/C17H12F7NO2/c18-14-4-2-1-3-10(14)8-25-15(26)9-27-13-6-11(16(19,20)21)5-12(7-13)17(22,23)24/h1-7H,8-9H2,(H,25,26). The van der Waals surface area contributed by atoms with E-state index >= 15 is 0 Å². The van der Waals surface area contributed by atoms with Crippen LogP contribution in [0.3, 0.4) is 0 Å². The molecule has 0 spiro atoms. The van der Waals surface area contributed by atoms with Gasteiger partial charge in [-0.2, -0.15) is 26.3 Å². The summed E-state index contributed by atoms with van der Waals surface area (Å²) >= 11 is 0. The first-order valence-corrected chi connectivity index (χ1v) is 7.39. The van der Waals surface area contributed by atoms with Crippen molar-refractivity contribution < 1.29 is 40.3 Å². The van der Waals surface area contributed by atoms with Gasteiger partial charge in [0.2, 0.25) is 0 Å². The fourth-order valence-corrected chi connectivity index (χ4v) is 2.05. The highest BCUT2D eigenvalue weighted by molar-refractivity contribution is 5.77. The fraction of sp³-hybridized carbons (Fsp3) is 0.235. The van der Waals surface area contributed by atoms with Crippen molar-refractivity contribution in [3.63, 3.8) is 0 Å². The van der Waals surface area contributed by atoms with Crippen molar-refractivity contribution in [2.75, 3.05) is 6.61 Å². The Morgan fingerprint density at radius 1 is 0.926 bits per heavy atom. The van der Waals surface area contributed by atoms with Crippen LogP contribution in [0.25, 0.3) is 0 Å². The Morgan fingerprint density at radius 3 is 2.00 bits per heavy atom. The minimum atomic E-state index is -5.02. The van der Waals surface area contributed by atoms with Gasteiger partial charge in [-0.15, -0.1) is 0 Å². The van der Waals surface area contributed by atoms with Gasteiger partial charge in [-0.1, -0.05) is 18.2 Å². The number of rotatable bonds is 5. The van der Waals surface area contributed by atoms with E-state index in [1.807, 2.05) is 0 Å². The molecule has 0 aliphatic carbocycles. The number of halogens is 7. The van der Waals surface area contributed by atoms with Gasteiger partial charge in [0.25, 0.3) is 5.91 Å². The van der Waals surface area contributed by atoms with Gasteiger partial charge in [0.15, 0.2) is 6.61 Å². The van der Waals surface area contributed by atoms with Crippen LogP contribution < -0.4 is 10.1 Å². The first kappa shape index (κ1) is 20.5. The van der Waals surface area contributed by atoms with Crippen molar-refractivity contribution in [1.29, 1.82) is 0 Å². The molecule has 0 atom stereocenters. The Balaban J connectivity index is 2.06. The number of hydrogen-bond acceptors (Lipinski definition) is 2. The highest BCUT2D eigenvalue weighted by atomic mass is 19.4. The Bertz CT molecular complexity index is 783. The molecule has 1 N–H and O–H groups in total. The summed E-state index contributed by atoms with van der Waals surface area (Å²) in [5.74, 6) is -2.19. The largest absolute Gasteiger partial charge is 0.484 e. The van der Waals surface area contributed by atoms with E-state index in [1.165, 1.54) is 24.3 Å². The summed E-state index contributed by atoms with van der Waals surface area (Å²) in [5, 5.41) is 2.25. The molecule has 2 rings (SSSR count). The zero-order valence-electron chi connectivity index (χ0n) is 13.4. The molecule has 146 valence electrons. The predicted octanol–water partition coefficient (Wildman–Crippen LogP) is 4.56. The third kappa shape index (κ3) is 5.87. The molecule has 1 amide bonds. The smallest absolute Gasteiger partial charge is 0.416 e. The molecule has 0 saturated heterocycles. The van der Waals surface area contributed by atoms with Crippen LogP contribution in [-0.2, 0) is 23.7 Å². The van der Waals surface area contributed by atoms with Gasteiger partial charge >= 0.3 is 12.4 Å². The van der Waals surface area contributed by atoms with Crippen LogP contribution in [0.5, 0.6) is 5.75 Å². The van der Waals surface area contributed by atoms with Crippen LogP contribution >= 0.6 is 0 Å². The number of benzene rings is 2. The molecule has 2 aromatic rings. The number of hydrogen-bond donors (Lipinski definition) is 1. The second kappa shape index (κ2) is 7.85. The molecule has 0 aromatic heterocycles. The molecule has 27 heavy (non-hydrogen) atoms. The highest BCUT2D eigenvalue weighted by Crippen LogP contribution is 2.38. The summed E-state index contributed by atoms with van der Waals surface area (Å²) < 4.78 is 94.6. The third-order valence-corrected chi connectivity index (χ3v) is 3.36. The molecule has 0 aliphatic heterocycles. The number of ether oxygens (including phenoxy) is 1. The second-order valence-corrected chi connectivity index (χ2v) is 5.40. The first-order valence-electron chi connectivity index (χ1n) is 7.39. The van der Waals surface area contributed by atoms with E-state index in [0.29, 0.717) is 12.1 Å². The van der Waals surface area contributed by atoms with Gasteiger partial charge in [-0.05, 0) is 24.3 Å². The SMILES string of the molecule is O=C(COc1cc(C(F)(F)F)cc(C(F)(F)F)c1)NCc1ccccc1F. The monoisotopic (exact) mass is 395 g/mol. The van der Waals surface area contributed by atoms with Crippen LogP contribution in [0.2, 0.25) is 0 Å². The lowest BCUT2D eigenvalue weighted by Crippen LogP contribution is -2.28. The quantitative estimate of drug-likeness (QED) is 0.754. The Kier molecular flexibility index (Phi) is 5.97. The average Bonchev–Trinajstić information content (AvgIpc) is 2.57. The van der Waals surface area contributed by atoms with Crippen molar-refractivity contribution in [2.24, 2.45) is 0 Å². The van der Waals surface area contributed by atoms with Crippen molar-refractivity contribution in [2.45, 2.75) is 18.9 Å². The molecule has 0 radical (unpaired) electrons. The average molecular weight is 395 g/mol. The second-order valence-electron chi connectivity index (χ2n) is 5.40. The van der Waals surface area contributed by atoms with Crippen molar-refractivity contribution >= 4 is 5.91 Å². The fourth-order valence-electron chi connectivity index (χ4n) is 2.05. The van der Waals surface area contributed by atoms with Gasteiger partial charge in [0.1, 0.15) is 11.6 Å². The Hall–Kier alpha value is -2.78. The maximum absolute atomic E-state index is 13.4. The molecule has 0 unspecified atom stereocenters. The lowest BCUT2D eigenvalue weighted by atomic mass is 10.1. The molecule has 0 bridgehead atoms. The van der Waals surface area contributed by atoms with Crippen molar-refractivity contribution in [3.8, 4) is 5.75 Å². The maximum Gasteiger partial charge on any atom is 0.416 e. The summed E-state index contributed by atoms with van der Waals surface area (Å²) in [7, 11) is 0. The molecule has 3 nitrogen and oxygen atoms in total. The van der Waals surface area contributed by atoms with Crippen LogP contribution in [-0.4, -0.2) is 12.5 Å². The highest BCUT2D eigenvalue weighted by Gasteiger charge is 2.37. The summed E-state index contributed by atoms with van der Waals surface area (Å²) in [4.78, 5) is 11.7. The van der Waals surface area contributed by atoms with Gasteiger partial charge in [-0.3, -0.25) is 4.79 Å². The number of carbonyl (C=O) groups excluding carboxylic acids is 1. The van der Waals surface area contributed by atoms with Crippen LogP contribution in [0.1, 0.15) is 16.7 Å². The van der Waals surface area contributed by atoms with E-state index in [9.17, 15) is 35.5 Å². The lowest BCUT2D eigenvalue weighted by Gasteiger charge is -2.14.